The lowest BCUT2D eigenvalue weighted by molar-refractivity contribution is -0.142. The zero-order valence-corrected chi connectivity index (χ0v) is 14.8. The highest BCUT2D eigenvalue weighted by atomic mass is 16.4. The first-order valence-electron chi connectivity index (χ1n) is 9.38. The van der Waals surface area contributed by atoms with E-state index in [9.17, 15) is 19.5 Å². The lowest BCUT2D eigenvalue weighted by Gasteiger charge is -2.22. The maximum Gasteiger partial charge on any atom is 0.308 e. The van der Waals surface area contributed by atoms with Crippen molar-refractivity contribution >= 4 is 17.8 Å². The summed E-state index contributed by atoms with van der Waals surface area (Å²) in [6, 6.07) is -0.108. The molecule has 0 spiro atoms. The number of rotatable bonds is 6. The molecule has 1 aromatic rings. The minimum atomic E-state index is -0.872. The number of carbonyl (C=O) groups is 3. The Labute approximate surface area is 152 Å². The lowest BCUT2D eigenvalue weighted by Crippen LogP contribution is -2.40. The van der Waals surface area contributed by atoms with Crippen molar-refractivity contribution in [1.29, 1.82) is 0 Å². The Hall–Kier alpha value is -2.38. The molecule has 1 heterocycles. The summed E-state index contributed by atoms with van der Waals surface area (Å²) in [5, 5.41) is 19.1. The van der Waals surface area contributed by atoms with E-state index >= 15 is 0 Å². The molecule has 3 N–H and O–H groups in total. The zero-order valence-electron chi connectivity index (χ0n) is 14.8. The SMILES string of the molecule is O=C(Cn1cc(C(=O)N[C@H]2CCC[C@H]2C(=O)O)cn1)NC1CCCCC1. The van der Waals surface area contributed by atoms with Crippen LogP contribution in [0.25, 0.3) is 0 Å². The molecule has 3 rings (SSSR count). The number of nitrogens with zero attached hydrogens (tertiary/aromatic N) is 2. The summed E-state index contributed by atoms with van der Waals surface area (Å²) in [7, 11) is 0. The van der Waals surface area contributed by atoms with Gasteiger partial charge in [0.25, 0.3) is 5.91 Å². The number of carboxylic acids is 1. The Morgan fingerprint density at radius 1 is 1.08 bits per heavy atom. The molecule has 1 aromatic heterocycles. The predicted octanol–water partition coefficient (Wildman–Crippen LogP) is 1.32. The molecule has 26 heavy (non-hydrogen) atoms. The molecule has 8 nitrogen and oxygen atoms in total. The van der Waals surface area contributed by atoms with Crippen LogP contribution in [0.2, 0.25) is 0 Å². The molecule has 2 saturated carbocycles. The minimum Gasteiger partial charge on any atom is -0.481 e. The summed E-state index contributed by atoms with van der Waals surface area (Å²) < 4.78 is 1.44. The molecular weight excluding hydrogens is 336 g/mol. The van der Waals surface area contributed by atoms with Crippen LogP contribution in [0.3, 0.4) is 0 Å². The third-order valence-corrected chi connectivity index (χ3v) is 5.32. The van der Waals surface area contributed by atoms with Gasteiger partial charge in [-0.1, -0.05) is 25.7 Å². The van der Waals surface area contributed by atoms with Gasteiger partial charge in [0.05, 0.1) is 17.7 Å². The van der Waals surface area contributed by atoms with Crippen LogP contribution in [0.1, 0.15) is 61.7 Å². The molecular formula is C18H26N4O4. The highest BCUT2D eigenvalue weighted by Gasteiger charge is 2.34. The molecule has 2 amide bonds. The molecule has 142 valence electrons. The van der Waals surface area contributed by atoms with Crippen molar-refractivity contribution in [2.45, 2.75) is 70.0 Å². The van der Waals surface area contributed by atoms with Crippen molar-refractivity contribution in [2.75, 3.05) is 0 Å². The fourth-order valence-electron chi connectivity index (χ4n) is 3.91. The van der Waals surface area contributed by atoms with Crippen LogP contribution in [0.15, 0.2) is 12.4 Å². The third kappa shape index (κ3) is 4.62. The standard InChI is InChI=1S/C18H26N4O4/c23-16(20-13-5-2-1-3-6-13)11-22-10-12(9-19-22)17(24)21-15-8-4-7-14(15)18(25)26/h9-10,13-15H,1-8,11H2,(H,20,23)(H,21,24)(H,25,26)/t14-,15+/m1/s1. The summed E-state index contributed by atoms with van der Waals surface area (Å²) in [6.07, 6.45) is 10.5. The molecule has 0 unspecified atom stereocenters. The van der Waals surface area contributed by atoms with Crippen molar-refractivity contribution in [3.63, 3.8) is 0 Å². The number of carbonyl (C=O) groups excluding carboxylic acids is 2. The Kier molecular flexibility index (Phi) is 5.90. The predicted molar refractivity (Wildman–Crippen MR) is 93.5 cm³/mol. The van der Waals surface area contributed by atoms with E-state index in [1.165, 1.54) is 23.5 Å². The van der Waals surface area contributed by atoms with Gasteiger partial charge in [0, 0.05) is 18.3 Å². The summed E-state index contributed by atoms with van der Waals surface area (Å²) in [5.41, 5.74) is 0.339. The van der Waals surface area contributed by atoms with Crippen LogP contribution in [0, 0.1) is 5.92 Å². The van der Waals surface area contributed by atoms with Gasteiger partial charge >= 0.3 is 5.97 Å². The van der Waals surface area contributed by atoms with Gasteiger partial charge in [-0.15, -0.1) is 0 Å². The van der Waals surface area contributed by atoms with E-state index in [1.807, 2.05) is 0 Å². The maximum absolute atomic E-state index is 12.3. The molecule has 2 aliphatic rings. The van der Waals surface area contributed by atoms with Crippen molar-refractivity contribution in [2.24, 2.45) is 5.92 Å². The Balaban J connectivity index is 1.51. The van der Waals surface area contributed by atoms with E-state index in [4.69, 9.17) is 0 Å². The summed E-state index contributed by atoms with van der Waals surface area (Å²) in [5.74, 6) is -1.85. The highest BCUT2D eigenvalue weighted by Crippen LogP contribution is 2.26. The van der Waals surface area contributed by atoms with Crippen molar-refractivity contribution in [1.82, 2.24) is 20.4 Å². The topological polar surface area (TPSA) is 113 Å². The number of hydrogen-bond acceptors (Lipinski definition) is 4. The van der Waals surface area contributed by atoms with E-state index in [0.717, 1.165) is 32.1 Å². The van der Waals surface area contributed by atoms with Crippen LogP contribution >= 0.6 is 0 Å². The van der Waals surface area contributed by atoms with E-state index in [-0.39, 0.29) is 30.4 Å². The van der Waals surface area contributed by atoms with E-state index < -0.39 is 11.9 Å². The van der Waals surface area contributed by atoms with Crippen molar-refractivity contribution in [3.05, 3.63) is 18.0 Å². The fourth-order valence-corrected chi connectivity index (χ4v) is 3.91. The van der Waals surface area contributed by atoms with Crippen LogP contribution in [0.4, 0.5) is 0 Å². The van der Waals surface area contributed by atoms with Crippen LogP contribution in [-0.2, 0) is 16.1 Å². The molecule has 0 radical (unpaired) electrons. The first-order chi connectivity index (χ1) is 12.5. The van der Waals surface area contributed by atoms with Gasteiger partial charge in [0.1, 0.15) is 6.54 Å². The molecule has 0 bridgehead atoms. The van der Waals surface area contributed by atoms with Crippen LogP contribution in [-0.4, -0.2) is 44.8 Å². The van der Waals surface area contributed by atoms with E-state index in [2.05, 4.69) is 15.7 Å². The number of hydrogen-bond donors (Lipinski definition) is 3. The van der Waals surface area contributed by atoms with Gasteiger partial charge < -0.3 is 15.7 Å². The number of aromatic nitrogens is 2. The number of carboxylic acid groups (broad SMARTS) is 1. The van der Waals surface area contributed by atoms with Gasteiger partial charge in [0.15, 0.2) is 0 Å². The Bertz CT molecular complexity index is 666. The average molecular weight is 362 g/mol. The minimum absolute atomic E-state index is 0.0744. The smallest absolute Gasteiger partial charge is 0.308 e. The van der Waals surface area contributed by atoms with Gasteiger partial charge in [-0.3, -0.25) is 19.1 Å². The highest BCUT2D eigenvalue weighted by molar-refractivity contribution is 5.94. The first-order valence-corrected chi connectivity index (χ1v) is 9.38. The lowest BCUT2D eigenvalue weighted by atomic mass is 9.95. The van der Waals surface area contributed by atoms with Crippen LogP contribution < -0.4 is 10.6 Å². The summed E-state index contributed by atoms with van der Waals surface area (Å²) >= 11 is 0. The molecule has 8 heteroatoms. The number of nitrogens with one attached hydrogen (secondary N) is 2. The number of amides is 2. The quantitative estimate of drug-likeness (QED) is 0.706. The fraction of sp³-hybridized carbons (Fsp3) is 0.667. The monoisotopic (exact) mass is 362 g/mol. The van der Waals surface area contributed by atoms with E-state index in [0.29, 0.717) is 18.4 Å². The largest absolute Gasteiger partial charge is 0.481 e. The molecule has 0 saturated heterocycles. The molecule has 0 aromatic carbocycles. The summed E-state index contributed by atoms with van der Waals surface area (Å²) in [4.78, 5) is 35.7. The van der Waals surface area contributed by atoms with E-state index in [1.54, 1.807) is 0 Å². The number of aliphatic carboxylic acids is 1. The normalized spacial score (nSPS) is 23.5. The summed E-state index contributed by atoms with van der Waals surface area (Å²) in [6.45, 7) is 0.0744. The second-order valence-electron chi connectivity index (χ2n) is 7.28. The van der Waals surface area contributed by atoms with Gasteiger partial charge in [-0.25, -0.2) is 0 Å². The molecule has 0 aliphatic heterocycles. The maximum atomic E-state index is 12.3. The molecule has 2 atom stereocenters. The molecule has 2 aliphatic carbocycles. The third-order valence-electron chi connectivity index (χ3n) is 5.32. The first kappa shape index (κ1) is 18.4. The van der Waals surface area contributed by atoms with Crippen LogP contribution in [0.5, 0.6) is 0 Å². The van der Waals surface area contributed by atoms with Crippen molar-refractivity contribution in [3.8, 4) is 0 Å². The Morgan fingerprint density at radius 3 is 2.58 bits per heavy atom. The van der Waals surface area contributed by atoms with Crippen molar-refractivity contribution < 1.29 is 19.5 Å². The average Bonchev–Trinajstić information content (AvgIpc) is 3.25. The zero-order chi connectivity index (χ0) is 18.5. The second kappa shape index (κ2) is 8.33. The Morgan fingerprint density at radius 2 is 1.85 bits per heavy atom. The van der Waals surface area contributed by atoms with Gasteiger partial charge in [-0.2, -0.15) is 5.10 Å². The second-order valence-corrected chi connectivity index (χ2v) is 7.28. The van der Waals surface area contributed by atoms with Gasteiger partial charge in [0.2, 0.25) is 5.91 Å². The van der Waals surface area contributed by atoms with Gasteiger partial charge in [-0.05, 0) is 25.7 Å². The molecule has 2 fully saturated rings.